The molecule has 0 bridgehead atoms. The van der Waals surface area contributed by atoms with Gasteiger partial charge in [-0.1, -0.05) is 0 Å². The fourth-order valence-corrected chi connectivity index (χ4v) is 3.37. The van der Waals surface area contributed by atoms with Gasteiger partial charge in [-0.2, -0.15) is 0 Å². The lowest BCUT2D eigenvalue weighted by atomic mass is 10.1. The maximum atomic E-state index is 13.3. The van der Waals surface area contributed by atoms with Gasteiger partial charge in [0.25, 0.3) is 5.91 Å². The van der Waals surface area contributed by atoms with Gasteiger partial charge < -0.3 is 29.3 Å². The minimum Gasteiger partial charge on any atom is -0.497 e. The number of amides is 2. The summed E-state index contributed by atoms with van der Waals surface area (Å²) < 4.78 is 15.3. The Labute approximate surface area is 180 Å². The van der Waals surface area contributed by atoms with Crippen LogP contribution in [-0.4, -0.2) is 64.2 Å². The number of carbonyl (C=O) groups excluding carboxylic acids is 3. The number of rotatable bonds is 7. The maximum Gasteiger partial charge on any atom is 0.325 e. The van der Waals surface area contributed by atoms with E-state index in [0.717, 1.165) is 11.3 Å². The van der Waals surface area contributed by atoms with Crippen molar-refractivity contribution in [3.05, 3.63) is 47.5 Å². The molecule has 0 radical (unpaired) electrons. The van der Waals surface area contributed by atoms with Crippen LogP contribution in [0.2, 0.25) is 0 Å². The summed E-state index contributed by atoms with van der Waals surface area (Å²) in [6.07, 6.45) is 0. The SMILES string of the molecule is COC(=O)CN(Cc1cc(OC)cc(OC)c1)C(=O)c1ccc2c(c1)NC(=O)CN2C. The van der Waals surface area contributed by atoms with Crippen molar-refractivity contribution in [3.63, 3.8) is 0 Å². The van der Waals surface area contributed by atoms with Crippen molar-refractivity contribution >= 4 is 29.2 Å². The van der Waals surface area contributed by atoms with Gasteiger partial charge in [0.05, 0.1) is 39.2 Å². The molecule has 2 aromatic rings. The normalized spacial score (nSPS) is 12.5. The standard InChI is InChI=1S/C22H25N3O6/c1-24-12-20(26)23-18-9-15(5-6-19(18)24)22(28)25(13-21(27)31-4)11-14-7-16(29-2)10-17(8-14)30-3/h5-10H,11-13H2,1-4H3,(H,23,26). The summed E-state index contributed by atoms with van der Waals surface area (Å²) in [5, 5.41) is 2.78. The first-order valence-corrected chi connectivity index (χ1v) is 9.57. The summed E-state index contributed by atoms with van der Waals surface area (Å²) >= 11 is 0. The first kappa shape index (κ1) is 21.9. The van der Waals surface area contributed by atoms with Crippen LogP contribution in [0.5, 0.6) is 11.5 Å². The average molecular weight is 427 g/mol. The number of esters is 1. The summed E-state index contributed by atoms with van der Waals surface area (Å²) in [4.78, 5) is 40.3. The number of hydrogen-bond acceptors (Lipinski definition) is 7. The quantitative estimate of drug-likeness (QED) is 0.674. The van der Waals surface area contributed by atoms with Gasteiger partial charge in [0.15, 0.2) is 0 Å². The molecule has 0 unspecified atom stereocenters. The summed E-state index contributed by atoms with van der Waals surface area (Å²) in [6.45, 7) is 0.134. The lowest BCUT2D eigenvalue weighted by molar-refractivity contribution is -0.141. The van der Waals surface area contributed by atoms with E-state index in [-0.39, 0.29) is 31.4 Å². The Bertz CT molecular complexity index is 984. The van der Waals surface area contributed by atoms with Gasteiger partial charge in [0, 0.05) is 25.2 Å². The first-order valence-electron chi connectivity index (χ1n) is 9.57. The van der Waals surface area contributed by atoms with Crippen molar-refractivity contribution in [3.8, 4) is 11.5 Å². The Morgan fingerprint density at radius 2 is 1.74 bits per heavy atom. The van der Waals surface area contributed by atoms with Crippen LogP contribution in [0.15, 0.2) is 36.4 Å². The number of anilines is 2. The lowest BCUT2D eigenvalue weighted by Crippen LogP contribution is -2.37. The second-order valence-corrected chi connectivity index (χ2v) is 7.09. The van der Waals surface area contributed by atoms with Crippen LogP contribution in [0.3, 0.4) is 0 Å². The minimum atomic E-state index is -0.547. The average Bonchev–Trinajstić information content (AvgIpc) is 2.77. The van der Waals surface area contributed by atoms with Crippen molar-refractivity contribution in [1.29, 1.82) is 0 Å². The molecule has 1 aliphatic rings. The van der Waals surface area contributed by atoms with Crippen molar-refractivity contribution < 1.29 is 28.6 Å². The maximum absolute atomic E-state index is 13.3. The molecule has 0 aliphatic carbocycles. The molecule has 3 rings (SSSR count). The van der Waals surface area contributed by atoms with Crippen LogP contribution >= 0.6 is 0 Å². The fourth-order valence-electron chi connectivity index (χ4n) is 3.37. The lowest BCUT2D eigenvalue weighted by Gasteiger charge is -2.28. The van der Waals surface area contributed by atoms with Gasteiger partial charge >= 0.3 is 5.97 Å². The topological polar surface area (TPSA) is 97.4 Å². The van der Waals surface area contributed by atoms with E-state index < -0.39 is 5.97 Å². The molecule has 0 atom stereocenters. The molecule has 1 heterocycles. The van der Waals surface area contributed by atoms with Crippen LogP contribution in [-0.2, 0) is 20.9 Å². The minimum absolute atomic E-state index is 0.130. The highest BCUT2D eigenvalue weighted by molar-refractivity contribution is 6.04. The van der Waals surface area contributed by atoms with Gasteiger partial charge in [0.1, 0.15) is 18.0 Å². The van der Waals surface area contributed by atoms with Crippen LogP contribution in [0.4, 0.5) is 11.4 Å². The van der Waals surface area contributed by atoms with Crippen molar-refractivity contribution in [1.82, 2.24) is 4.90 Å². The van der Waals surface area contributed by atoms with Crippen LogP contribution in [0.1, 0.15) is 15.9 Å². The molecule has 1 aliphatic heterocycles. The molecule has 1 N–H and O–H groups in total. The fraction of sp³-hybridized carbons (Fsp3) is 0.318. The molecule has 2 amide bonds. The Balaban J connectivity index is 1.92. The van der Waals surface area contributed by atoms with E-state index in [1.54, 1.807) is 48.3 Å². The van der Waals surface area contributed by atoms with E-state index in [0.29, 0.717) is 22.7 Å². The van der Waals surface area contributed by atoms with E-state index in [9.17, 15) is 14.4 Å². The summed E-state index contributed by atoms with van der Waals surface area (Å²) in [5.41, 5.74) is 2.42. The molecule has 0 saturated heterocycles. The smallest absolute Gasteiger partial charge is 0.325 e. The molecule has 9 heteroatoms. The number of nitrogens with zero attached hydrogens (tertiary/aromatic N) is 2. The zero-order chi connectivity index (χ0) is 22.5. The Morgan fingerprint density at radius 3 is 2.35 bits per heavy atom. The van der Waals surface area contributed by atoms with Crippen molar-refractivity contribution in [2.75, 3.05) is 51.7 Å². The number of fused-ring (bicyclic) bond motifs is 1. The highest BCUT2D eigenvalue weighted by atomic mass is 16.5. The molecule has 9 nitrogen and oxygen atoms in total. The molecule has 164 valence electrons. The molecule has 2 aromatic carbocycles. The summed E-state index contributed by atoms with van der Waals surface area (Å²) in [5.74, 6) is 0.0554. The Hall–Kier alpha value is -3.75. The third-order valence-corrected chi connectivity index (χ3v) is 4.93. The Kier molecular flexibility index (Phi) is 6.64. The van der Waals surface area contributed by atoms with Crippen LogP contribution < -0.4 is 19.7 Å². The number of carbonyl (C=O) groups is 3. The molecule has 0 fully saturated rings. The highest BCUT2D eigenvalue weighted by Gasteiger charge is 2.24. The second-order valence-electron chi connectivity index (χ2n) is 7.09. The third-order valence-electron chi connectivity index (χ3n) is 4.93. The number of likely N-dealkylation sites (N-methyl/N-ethyl adjacent to an activating group) is 1. The van der Waals surface area contributed by atoms with Gasteiger partial charge in [-0.25, -0.2) is 0 Å². The predicted octanol–water partition coefficient (Wildman–Crippen LogP) is 1.91. The largest absolute Gasteiger partial charge is 0.497 e. The van der Waals surface area contributed by atoms with Gasteiger partial charge in [0.2, 0.25) is 5.91 Å². The number of methoxy groups -OCH3 is 3. The monoisotopic (exact) mass is 427 g/mol. The molecular formula is C22H25N3O6. The van der Waals surface area contributed by atoms with Gasteiger partial charge in [-0.15, -0.1) is 0 Å². The molecule has 0 aromatic heterocycles. The van der Waals surface area contributed by atoms with E-state index in [1.165, 1.54) is 26.2 Å². The summed E-state index contributed by atoms with van der Waals surface area (Å²) in [6, 6.07) is 10.3. The van der Waals surface area contributed by atoms with Gasteiger partial charge in [-0.3, -0.25) is 14.4 Å². The number of ether oxygens (including phenoxy) is 3. The zero-order valence-electron chi connectivity index (χ0n) is 17.9. The van der Waals surface area contributed by atoms with Crippen LogP contribution in [0, 0.1) is 0 Å². The van der Waals surface area contributed by atoms with Crippen LogP contribution in [0.25, 0.3) is 0 Å². The number of benzene rings is 2. The molecule has 0 saturated carbocycles. The van der Waals surface area contributed by atoms with E-state index >= 15 is 0 Å². The molecular weight excluding hydrogens is 402 g/mol. The Morgan fingerprint density at radius 1 is 1.06 bits per heavy atom. The third kappa shape index (κ3) is 5.06. The second kappa shape index (κ2) is 9.38. The van der Waals surface area contributed by atoms with E-state index in [2.05, 4.69) is 5.32 Å². The first-order chi connectivity index (χ1) is 14.8. The summed E-state index contributed by atoms with van der Waals surface area (Å²) in [7, 11) is 6.14. The number of nitrogens with one attached hydrogen (secondary N) is 1. The van der Waals surface area contributed by atoms with E-state index in [4.69, 9.17) is 14.2 Å². The van der Waals surface area contributed by atoms with Gasteiger partial charge in [-0.05, 0) is 35.9 Å². The van der Waals surface area contributed by atoms with Crippen molar-refractivity contribution in [2.24, 2.45) is 0 Å². The van der Waals surface area contributed by atoms with E-state index in [1.807, 2.05) is 0 Å². The zero-order valence-corrected chi connectivity index (χ0v) is 17.9. The van der Waals surface area contributed by atoms with Crippen molar-refractivity contribution in [2.45, 2.75) is 6.54 Å². The predicted molar refractivity (Wildman–Crippen MR) is 115 cm³/mol. The number of hydrogen-bond donors (Lipinski definition) is 1. The molecule has 31 heavy (non-hydrogen) atoms. The molecule has 0 spiro atoms. The highest BCUT2D eigenvalue weighted by Crippen LogP contribution is 2.30.